The fourth-order valence-corrected chi connectivity index (χ4v) is 2.69. The molecule has 114 valence electrons. The van der Waals surface area contributed by atoms with E-state index < -0.39 is 10.0 Å². The molecule has 1 heterocycles. The quantitative estimate of drug-likeness (QED) is 0.891. The van der Waals surface area contributed by atoms with E-state index in [1.165, 1.54) is 0 Å². The highest BCUT2D eigenvalue weighted by atomic mass is 32.2. The standard InChI is InChI=1S/C13H19N5O2S/c1-4-9-18-12(15-16-13(18)21(14,19)20)10-5-7-11(8-6-10)17(2)3/h5-8H,4,9H2,1-3H3,(H2,14,19,20). The summed E-state index contributed by atoms with van der Waals surface area (Å²) >= 11 is 0. The van der Waals surface area contributed by atoms with Gasteiger partial charge >= 0.3 is 0 Å². The Morgan fingerprint density at radius 2 is 1.81 bits per heavy atom. The molecule has 0 saturated carbocycles. The number of rotatable bonds is 5. The van der Waals surface area contributed by atoms with Gasteiger partial charge in [0.2, 0.25) is 0 Å². The first-order valence-corrected chi connectivity index (χ1v) is 8.13. The van der Waals surface area contributed by atoms with E-state index in [1.807, 2.05) is 50.2 Å². The molecule has 2 rings (SSSR count). The normalized spacial score (nSPS) is 11.6. The minimum absolute atomic E-state index is 0.198. The minimum atomic E-state index is -3.88. The van der Waals surface area contributed by atoms with Crippen LogP contribution in [-0.4, -0.2) is 37.3 Å². The van der Waals surface area contributed by atoms with Crippen LogP contribution < -0.4 is 10.0 Å². The van der Waals surface area contributed by atoms with Gasteiger partial charge in [-0.2, -0.15) is 0 Å². The lowest BCUT2D eigenvalue weighted by Crippen LogP contribution is -2.19. The van der Waals surface area contributed by atoms with Crippen molar-refractivity contribution in [3.8, 4) is 11.4 Å². The van der Waals surface area contributed by atoms with Gasteiger partial charge in [-0.05, 0) is 30.7 Å². The fraction of sp³-hybridized carbons (Fsp3) is 0.385. The van der Waals surface area contributed by atoms with Gasteiger partial charge in [0.05, 0.1) is 0 Å². The smallest absolute Gasteiger partial charge is 0.273 e. The summed E-state index contributed by atoms with van der Waals surface area (Å²) < 4.78 is 24.7. The third-order valence-electron chi connectivity index (χ3n) is 3.06. The van der Waals surface area contributed by atoms with Gasteiger partial charge in [0, 0.05) is 31.9 Å². The molecule has 1 aromatic heterocycles. The molecule has 0 spiro atoms. The number of hydrogen-bond acceptors (Lipinski definition) is 5. The first-order chi connectivity index (χ1) is 9.84. The Labute approximate surface area is 124 Å². The lowest BCUT2D eigenvalue weighted by molar-refractivity contribution is 0.559. The molecule has 0 radical (unpaired) electrons. The van der Waals surface area contributed by atoms with Crippen molar-refractivity contribution in [1.29, 1.82) is 0 Å². The van der Waals surface area contributed by atoms with Crippen molar-refractivity contribution in [1.82, 2.24) is 14.8 Å². The third kappa shape index (κ3) is 3.22. The van der Waals surface area contributed by atoms with Gasteiger partial charge in [-0.25, -0.2) is 13.6 Å². The number of nitrogens with zero attached hydrogens (tertiary/aromatic N) is 4. The second kappa shape index (κ2) is 5.82. The molecular formula is C13H19N5O2S. The van der Waals surface area contributed by atoms with Crippen LogP contribution in [0.1, 0.15) is 13.3 Å². The Kier molecular flexibility index (Phi) is 4.29. The molecule has 0 atom stereocenters. The Balaban J connectivity index is 2.51. The van der Waals surface area contributed by atoms with Crippen LogP contribution in [0, 0.1) is 0 Å². The predicted molar refractivity (Wildman–Crippen MR) is 81.4 cm³/mol. The lowest BCUT2D eigenvalue weighted by atomic mass is 10.2. The van der Waals surface area contributed by atoms with E-state index in [4.69, 9.17) is 5.14 Å². The Bertz CT molecular complexity index is 720. The van der Waals surface area contributed by atoms with E-state index in [2.05, 4.69) is 10.2 Å². The molecule has 0 aliphatic rings. The molecule has 0 amide bonds. The topological polar surface area (TPSA) is 94.1 Å². The van der Waals surface area contributed by atoms with E-state index in [0.717, 1.165) is 17.7 Å². The van der Waals surface area contributed by atoms with Gasteiger partial charge in [-0.1, -0.05) is 6.92 Å². The summed E-state index contributed by atoms with van der Waals surface area (Å²) in [6.45, 7) is 2.44. The molecule has 0 aliphatic heterocycles. The molecule has 0 bridgehead atoms. The van der Waals surface area contributed by atoms with Crippen molar-refractivity contribution in [3.05, 3.63) is 24.3 Å². The Hall–Kier alpha value is -1.93. The molecular weight excluding hydrogens is 290 g/mol. The fourth-order valence-electron chi connectivity index (χ4n) is 2.05. The zero-order chi connectivity index (χ0) is 15.6. The van der Waals surface area contributed by atoms with Crippen molar-refractivity contribution in [2.24, 2.45) is 5.14 Å². The van der Waals surface area contributed by atoms with E-state index in [0.29, 0.717) is 12.4 Å². The first kappa shape index (κ1) is 15.5. The van der Waals surface area contributed by atoms with E-state index in [9.17, 15) is 8.42 Å². The molecule has 0 fully saturated rings. The molecule has 8 heteroatoms. The minimum Gasteiger partial charge on any atom is -0.378 e. The molecule has 0 unspecified atom stereocenters. The van der Waals surface area contributed by atoms with Crippen LogP contribution in [0.4, 0.5) is 5.69 Å². The number of aromatic nitrogens is 3. The maximum atomic E-state index is 11.6. The summed E-state index contributed by atoms with van der Waals surface area (Å²) in [6, 6.07) is 7.66. The van der Waals surface area contributed by atoms with E-state index in [-0.39, 0.29) is 5.16 Å². The summed E-state index contributed by atoms with van der Waals surface area (Å²) in [5.41, 5.74) is 1.85. The van der Waals surface area contributed by atoms with E-state index in [1.54, 1.807) is 4.57 Å². The number of primary sulfonamides is 1. The summed E-state index contributed by atoms with van der Waals surface area (Å²) in [4.78, 5) is 1.98. The number of anilines is 1. The maximum absolute atomic E-state index is 11.6. The maximum Gasteiger partial charge on any atom is 0.273 e. The zero-order valence-electron chi connectivity index (χ0n) is 12.3. The third-order valence-corrected chi connectivity index (χ3v) is 3.87. The number of benzene rings is 1. The van der Waals surface area contributed by atoms with Crippen LogP contribution in [0.15, 0.2) is 29.4 Å². The van der Waals surface area contributed by atoms with Crippen LogP contribution in [-0.2, 0) is 16.6 Å². The SMILES string of the molecule is CCCn1c(-c2ccc(N(C)C)cc2)nnc1S(N)(=O)=O. The van der Waals surface area contributed by atoms with Gasteiger partial charge in [0.25, 0.3) is 15.2 Å². The van der Waals surface area contributed by atoms with Crippen LogP contribution in [0.5, 0.6) is 0 Å². The molecule has 2 N–H and O–H groups in total. The molecule has 1 aromatic carbocycles. The second-order valence-corrected chi connectivity index (χ2v) is 6.40. The molecule has 21 heavy (non-hydrogen) atoms. The monoisotopic (exact) mass is 309 g/mol. The van der Waals surface area contributed by atoms with Crippen molar-refractivity contribution in [2.45, 2.75) is 25.0 Å². The second-order valence-electron chi connectivity index (χ2n) is 4.94. The van der Waals surface area contributed by atoms with E-state index >= 15 is 0 Å². The summed E-state index contributed by atoms with van der Waals surface area (Å²) in [5.74, 6) is 0.506. The Morgan fingerprint density at radius 3 is 2.29 bits per heavy atom. The highest BCUT2D eigenvalue weighted by Gasteiger charge is 2.21. The van der Waals surface area contributed by atoms with Crippen molar-refractivity contribution >= 4 is 15.7 Å². The van der Waals surface area contributed by atoms with Crippen LogP contribution >= 0.6 is 0 Å². The largest absolute Gasteiger partial charge is 0.378 e. The predicted octanol–water partition coefficient (Wildman–Crippen LogP) is 1.07. The van der Waals surface area contributed by atoms with Crippen molar-refractivity contribution in [2.75, 3.05) is 19.0 Å². The van der Waals surface area contributed by atoms with Gasteiger partial charge in [-0.15, -0.1) is 10.2 Å². The average Bonchev–Trinajstić information content (AvgIpc) is 2.83. The van der Waals surface area contributed by atoms with Gasteiger partial charge in [0.1, 0.15) is 0 Å². The van der Waals surface area contributed by atoms with Gasteiger partial charge < -0.3 is 4.90 Å². The van der Waals surface area contributed by atoms with Crippen LogP contribution in [0.3, 0.4) is 0 Å². The number of hydrogen-bond donors (Lipinski definition) is 1. The van der Waals surface area contributed by atoms with Crippen molar-refractivity contribution < 1.29 is 8.42 Å². The summed E-state index contributed by atoms with van der Waals surface area (Å²) in [6.07, 6.45) is 0.753. The number of nitrogens with two attached hydrogens (primary N) is 1. The van der Waals surface area contributed by atoms with Crippen LogP contribution in [0.25, 0.3) is 11.4 Å². The highest BCUT2D eigenvalue weighted by Crippen LogP contribution is 2.23. The van der Waals surface area contributed by atoms with Crippen molar-refractivity contribution in [3.63, 3.8) is 0 Å². The molecule has 2 aromatic rings. The lowest BCUT2D eigenvalue weighted by Gasteiger charge is -2.13. The molecule has 0 saturated heterocycles. The summed E-state index contributed by atoms with van der Waals surface area (Å²) in [7, 11) is 0.0208. The van der Waals surface area contributed by atoms with Gasteiger partial charge in [-0.3, -0.25) is 4.57 Å². The molecule has 0 aliphatic carbocycles. The van der Waals surface area contributed by atoms with Crippen LogP contribution in [0.2, 0.25) is 0 Å². The Morgan fingerprint density at radius 1 is 1.19 bits per heavy atom. The average molecular weight is 309 g/mol. The zero-order valence-corrected chi connectivity index (χ0v) is 13.1. The number of sulfonamides is 1. The van der Waals surface area contributed by atoms with Gasteiger partial charge in [0.15, 0.2) is 5.82 Å². The first-order valence-electron chi connectivity index (χ1n) is 6.58. The molecule has 7 nitrogen and oxygen atoms in total. The summed E-state index contributed by atoms with van der Waals surface area (Å²) in [5, 5.41) is 12.7. The highest BCUT2D eigenvalue weighted by molar-refractivity contribution is 7.89.